The Morgan fingerprint density at radius 2 is 2.00 bits per heavy atom. The number of phenols is 1. The maximum Gasteiger partial charge on any atom is 0.265 e. The van der Waals surface area contributed by atoms with Crippen molar-refractivity contribution in [1.82, 2.24) is 14.5 Å². The second-order valence-electron chi connectivity index (χ2n) is 3.96. The van der Waals surface area contributed by atoms with Crippen molar-refractivity contribution in [3.8, 4) is 11.4 Å². The molecule has 5 nitrogen and oxygen atoms in total. The molecule has 0 aliphatic rings. The zero-order valence-electron chi connectivity index (χ0n) is 9.62. The third-order valence-corrected chi connectivity index (χ3v) is 2.73. The van der Waals surface area contributed by atoms with Gasteiger partial charge in [0.2, 0.25) is 5.95 Å². The highest BCUT2D eigenvalue weighted by atomic mass is 19.1. The highest BCUT2D eigenvalue weighted by molar-refractivity contribution is 5.79. The number of phenolic OH excluding ortho intramolecular Hbond substituents is 1. The molecule has 3 aromatic rings. The number of pyridine rings is 1. The van der Waals surface area contributed by atoms with E-state index in [2.05, 4.69) is 9.97 Å². The second kappa shape index (κ2) is 4.16. The van der Waals surface area contributed by atoms with Gasteiger partial charge in [0, 0.05) is 0 Å². The highest BCUT2D eigenvalue weighted by Gasteiger charge is 2.07. The van der Waals surface area contributed by atoms with Gasteiger partial charge in [0.25, 0.3) is 5.56 Å². The Balaban J connectivity index is 2.28. The van der Waals surface area contributed by atoms with E-state index in [1.54, 1.807) is 6.07 Å². The zero-order valence-corrected chi connectivity index (χ0v) is 9.62. The first kappa shape index (κ1) is 11.3. The summed E-state index contributed by atoms with van der Waals surface area (Å²) in [5.41, 5.74) is 0.535. The van der Waals surface area contributed by atoms with Gasteiger partial charge in [0.1, 0.15) is 12.1 Å². The van der Waals surface area contributed by atoms with Crippen LogP contribution in [0.15, 0.2) is 47.7 Å². The maximum atomic E-state index is 12.8. The van der Waals surface area contributed by atoms with Crippen LogP contribution >= 0.6 is 0 Å². The minimum absolute atomic E-state index is 0.0126. The van der Waals surface area contributed by atoms with E-state index in [4.69, 9.17) is 0 Å². The van der Waals surface area contributed by atoms with Crippen molar-refractivity contribution in [3.63, 3.8) is 0 Å². The second-order valence-corrected chi connectivity index (χ2v) is 3.96. The standard InChI is InChI=1S/C13H8FN3O2/c14-12-4-1-8(6-15-12)17-7-16-11-3-2-9(18)5-10(11)13(17)19/h1-7,18H. The van der Waals surface area contributed by atoms with E-state index < -0.39 is 5.95 Å². The normalized spacial score (nSPS) is 10.8. The molecule has 1 N–H and O–H groups in total. The highest BCUT2D eigenvalue weighted by Crippen LogP contribution is 2.15. The number of hydrogen-bond acceptors (Lipinski definition) is 4. The fraction of sp³-hybridized carbons (Fsp3) is 0. The van der Waals surface area contributed by atoms with E-state index in [0.717, 1.165) is 6.07 Å². The lowest BCUT2D eigenvalue weighted by atomic mass is 10.2. The molecule has 0 aliphatic heterocycles. The Morgan fingerprint density at radius 1 is 1.16 bits per heavy atom. The summed E-state index contributed by atoms with van der Waals surface area (Å²) in [6.07, 6.45) is 2.59. The summed E-state index contributed by atoms with van der Waals surface area (Å²) in [6, 6.07) is 6.95. The first-order valence-electron chi connectivity index (χ1n) is 5.47. The first-order valence-corrected chi connectivity index (χ1v) is 5.47. The van der Waals surface area contributed by atoms with Gasteiger partial charge in [-0.25, -0.2) is 9.97 Å². The predicted octanol–water partition coefficient (Wildman–Crippen LogP) is 1.63. The Kier molecular flexibility index (Phi) is 2.49. The van der Waals surface area contributed by atoms with Crippen molar-refractivity contribution in [2.75, 3.05) is 0 Å². The van der Waals surface area contributed by atoms with Crippen molar-refractivity contribution in [1.29, 1.82) is 0 Å². The molecular formula is C13H8FN3O2. The monoisotopic (exact) mass is 257 g/mol. The van der Waals surface area contributed by atoms with E-state index in [0.29, 0.717) is 11.2 Å². The molecule has 3 rings (SSSR count). The lowest BCUT2D eigenvalue weighted by molar-refractivity contribution is 0.476. The molecule has 1 aromatic carbocycles. The van der Waals surface area contributed by atoms with Gasteiger partial charge in [-0.3, -0.25) is 9.36 Å². The lowest BCUT2D eigenvalue weighted by Gasteiger charge is -2.06. The van der Waals surface area contributed by atoms with Crippen LogP contribution < -0.4 is 5.56 Å². The smallest absolute Gasteiger partial charge is 0.265 e. The molecule has 0 bridgehead atoms. The van der Waals surface area contributed by atoms with Crippen LogP contribution in [0.25, 0.3) is 16.6 Å². The Labute approximate surface area is 106 Å². The Morgan fingerprint density at radius 3 is 2.74 bits per heavy atom. The van der Waals surface area contributed by atoms with Gasteiger partial charge in [-0.15, -0.1) is 0 Å². The van der Waals surface area contributed by atoms with Crippen molar-refractivity contribution in [3.05, 3.63) is 59.2 Å². The Bertz CT molecular complexity index is 812. The molecule has 0 radical (unpaired) electrons. The van der Waals surface area contributed by atoms with E-state index in [1.165, 1.54) is 35.3 Å². The summed E-state index contributed by atoms with van der Waals surface area (Å²) in [5.74, 6) is -0.635. The summed E-state index contributed by atoms with van der Waals surface area (Å²) >= 11 is 0. The molecule has 94 valence electrons. The molecule has 19 heavy (non-hydrogen) atoms. The van der Waals surface area contributed by atoms with Gasteiger partial charge in [-0.1, -0.05) is 0 Å². The molecule has 6 heteroatoms. The number of halogens is 1. The van der Waals surface area contributed by atoms with Crippen LogP contribution in [0.2, 0.25) is 0 Å². The van der Waals surface area contributed by atoms with Gasteiger partial charge in [-0.2, -0.15) is 4.39 Å². The number of rotatable bonds is 1. The molecular weight excluding hydrogens is 249 g/mol. The summed E-state index contributed by atoms with van der Waals surface area (Å²) in [7, 11) is 0. The predicted molar refractivity (Wildman–Crippen MR) is 66.8 cm³/mol. The molecule has 2 aromatic heterocycles. The largest absolute Gasteiger partial charge is 0.508 e. The van der Waals surface area contributed by atoms with Gasteiger partial charge in [0.15, 0.2) is 0 Å². The van der Waals surface area contributed by atoms with Crippen LogP contribution in [0.3, 0.4) is 0 Å². The van der Waals surface area contributed by atoms with Crippen molar-refractivity contribution < 1.29 is 9.50 Å². The van der Waals surface area contributed by atoms with Crippen LogP contribution in [0.1, 0.15) is 0 Å². The topological polar surface area (TPSA) is 68.0 Å². The molecule has 0 unspecified atom stereocenters. The fourth-order valence-corrected chi connectivity index (χ4v) is 1.80. The van der Waals surface area contributed by atoms with Crippen molar-refractivity contribution in [2.45, 2.75) is 0 Å². The average molecular weight is 257 g/mol. The van der Waals surface area contributed by atoms with E-state index >= 15 is 0 Å². The SMILES string of the molecule is O=c1c2cc(O)ccc2ncn1-c1ccc(F)nc1. The first-order chi connectivity index (χ1) is 9.15. The molecule has 0 saturated heterocycles. The van der Waals surface area contributed by atoms with E-state index in [1.807, 2.05) is 0 Å². The molecule has 0 atom stereocenters. The van der Waals surface area contributed by atoms with Crippen LogP contribution in [-0.4, -0.2) is 19.6 Å². The lowest BCUT2D eigenvalue weighted by Crippen LogP contribution is -2.18. The molecule has 0 aliphatic carbocycles. The van der Waals surface area contributed by atoms with Gasteiger partial charge >= 0.3 is 0 Å². The van der Waals surface area contributed by atoms with Crippen LogP contribution in [-0.2, 0) is 0 Å². The molecule has 0 fully saturated rings. The average Bonchev–Trinajstić information content (AvgIpc) is 2.41. The maximum absolute atomic E-state index is 12.8. The van der Waals surface area contributed by atoms with Gasteiger partial charge in [-0.05, 0) is 30.3 Å². The number of hydrogen-bond donors (Lipinski definition) is 1. The van der Waals surface area contributed by atoms with Gasteiger partial charge in [0.05, 0.1) is 22.8 Å². The van der Waals surface area contributed by atoms with Crippen molar-refractivity contribution in [2.24, 2.45) is 0 Å². The quantitative estimate of drug-likeness (QED) is 0.673. The number of aromatic hydroxyl groups is 1. The molecule has 0 spiro atoms. The molecule has 0 amide bonds. The minimum atomic E-state index is -0.622. The fourth-order valence-electron chi connectivity index (χ4n) is 1.80. The minimum Gasteiger partial charge on any atom is -0.508 e. The van der Waals surface area contributed by atoms with Crippen molar-refractivity contribution >= 4 is 10.9 Å². The molecule has 2 heterocycles. The van der Waals surface area contributed by atoms with Crippen LogP contribution in [0.5, 0.6) is 5.75 Å². The van der Waals surface area contributed by atoms with Crippen LogP contribution in [0, 0.1) is 5.95 Å². The summed E-state index contributed by atoms with van der Waals surface area (Å²) in [6.45, 7) is 0. The number of fused-ring (bicyclic) bond motifs is 1. The molecule has 0 saturated carbocycles. The number of benzene rings is 1. The third-order valence-electron chi connectivity index (χ3n) is 2.73. The summed E-state index contributed by atoms with van der Waals surface area (Å²) in [4.78, 5) is 19.9. The van der Waals surface area contributed by atoms with Crippen LogP contribution in [0.4, 0.5) is 4.39 Å². The Hall–Kier alpha value is -2.76. The number of aromatic nitrogens is 3. The third kappa shape index (κ3) is 1.93. The van der Waals surface area contributed by atoms with Gasteiger partial charge < -0.3 is 5.11 Å². The summed E-state index contributed by atoms with van der Waals surface area (Å²) < 4.78 is 14.0. The van der Waals surface area contributed by atoms with E-state index in [-0.39, 0.29) is 16.7 Å². The summed E-state index contributed by atoms with van der Waals surface area (Å²) in [5, 5.41) is 9.70. The van der Waals surface area contributed by atoms with E-state index in [9.17, 15) is 14.3 Å². The zero-order chi connectivity index (χ0) is 13.4. The number of nitrogens with zero attached hydrogens (tertiary/aromatic N) is 3.